The summed E-state index contributed by atoms with van der Waals surface area (Å²) in [5.74, 6) is 0.497. The van der Waals surface area contributed by atoms with Crippen molar-refractivity contribution in [1.82, 2.24) is 9.80 Å². The van der Waals surface area contributed by atoms with Gasteiger partial charge in [-0.3, -0.25) is 9.59 Å². The molecule has 1 aromatic carbocycles. The number of hydrogen-bond donors (Lipinski definition) is 0. The zero-order valence-corrected chi connectivity index (χ0v) is 14.2. The number of rotatable bonds is 4. The summed E-state index contributed by atoms with van der Waals surface area (Å²) in [6, 6.07) is 5.98. The molecule has 0 bridgehead atoms. The van der Waals surface area contributed by atoms with Crippen molar-refractivity contribution < 1.29 is 14.0 Å². The van der Waals surface area contributed by atoms with Gasteiger partial charge in [-0.05, 0) is 37.5 Å². The standard InChI is InChI=1S/C17H21FN2O2S/c1-17-9-7-15(21)20(17)14(11-23-17)16(22)19(2)10-8-12-3-5-13(18)6-4-12/h3-6,14H,7-11H2,1-2H3/t14-,17-/m1/s1. The Morgan fingerprint density at radius 3 is 2.83 bits per heavy atom. The number of carbonyl (C=O) groups is 2. The summed E-state index contributed by atoms with van der Waals surface area (Å²) in [6.07, 6.45) is 2.03. The molecule has 0 N–H and O–H groups in total. The minimum atomic E-state index is -0.349. The fraction of sp³-hybridized carbons (Fsp3) is 0.529. The summed E-state index contributed by atoms with van der Waals surface area (Å²) in [5.41, 5.74) is 0.994. The maximum atomic E-state index is 12.9. The van der Waals surface area contributed by atoms with E-state index in [0.717, 1.165) is 12.0 Å². The second kappa shape index (κ2) is 6.15. The molecule has 2 aliphatic heterocycles. The SMILES string of the molecule is CN(CCc1ccc(F)cc1)C(=O)[C@H]1CS[C@]2(C)CCC(=O)N12. The number of nitrogens with zero attached hydrogens (tertiary/aromatic N) is 2. The summed E-state index contributed by atoms with van der Waals surface area (Å²) in [5, 5.41) is 0. The first-order valence-corrected chi connectivity index (χ1v) is 8.85. The van der Waals surface area contributed by atoms with Gasteiger partial charge >= 0.3 is 0 Å². The summed E-state index contributed by atoms with van der Waals surface area (Å²) >= 11 is 1.70. The molecule has 0 aromatic heterocycles. The Morgan fingerprint density at radius 1 is 1.43 bits per heavy atom. The Morgan fingerprint density at radius 2 is 2.13 bits per heavy atom. The second-order valence-electron chi connectivity index (χ2n) is 6.40. The maximum Gasteiger partial charge on any atom is 0.246 e. The summed E-state index contributed by atoms with van der Waals surface area (Å²) < 4.78 is 12.9. The van der Waals surface area contributed by atoms with E-state index in [0.29, 0.717) is 25.1 Å². The molecule has 0 radical (unpaired) electrons. The quantitative estimate of drug-likeness (QED) is 0.847. The van der Waals surface area contributed by atoms with E-state index in [1.165, 1.54) is 12.1 Å². The van der Waals surface area contributed by atoms with Crippen LogP contribution in [0.2, 0.25) is 0 Å². The molecule has 124 valence electrons. The Bertz CT molecular complexity index is 622. The van der Waals surface area contributed by atoms with Gasteiger partial charge < -0.3 is 9.80 Å². The second-order valence-corrected chi connectivity index (χ2v) is 7.90. The lowest BCUT2D eigenvalue weighted by atomic mass is 10.1. The maximum absolute atomic E-state index is 12.9. The summed E-state index contributed by atoms with van der Waals surface area (Å²) in [4.78, 5) is 28.1. The predicted molar refractivity (Wildman–Crippen MR) is 88.5 cm³/mol. The van der Waals surface area contributed by atoms with Crippen LogP contribution < -0.4 is 0 Å². The molecule has 0 spiro atoms. The number of halogens is 1. The van der Waals surface area contributed by atoms with Crippen LogP contribution in [0, 0.1) is 5.82 Å². The normalized spacial score (nSPS) is 26.5. The van der Waals surface area contributed by atoms with Gasteiger partial charge in [0.2, 0.25) is 11.8 Å². The fourth-order valence-corrected chi connectivity index (χ4v) is 4.74. The topological polar surface area (TPSA) is 40.6 Å². The molecule has 3 rings (SSSR count). The average molecular weight is 336 g/mol. The van der Waals surface area contributed by atoms with Crippen molar-refractivity contribution in [3.63, 3.8) is 0 Å². The molecule has 0 unspecified atom stereocenters. The van der Waals surface area contributed by atoms with Crippen molar-refractivity contribution in [2.24, 2.45) is 0 Å². The largest absolute Gasteiger partial charge is 0.344 e. The monoisotopic (exact) mass is 336 g/mol. The van der Waals surface area contributed by atoms with Crippen molar-refractivity contribution in [3.05, 3.63) is 35.6 Å². The number of fused-ring (bicyclic) bond motifs is 1. The highest BCUT2D eigenvalue weighted by Crippen LogP contribution is 2.47. The third-order valence-corrected chi connectivity index (χ3v) is 6.26. The Kier molecular flexibility index (Phi) is 4.36. The lowest BCUT2D eigenvalue weighted by Crippen LogP contribution is -2.50. The summed E-state index contributed by atoms with van der Waals surface area (Å²) in [6.45, 7) is 2.61. The third-order valence-electron chi connectivity index (χ3n) is 4.76. The van der Waals surface area contributed by atoms with E-state index in [-0.39, 0.29) is 28.5 Å². The molecule has 0 saturated carbocycles. The van der Waals surface area contributed by atoms with E-state index < -0.39 is 0 Å². The van der Waals surface area contributed by atoms with E-state index in [1.807, 2.05) is 6.92 Å². The average Bonchev–Trinajstić information content (AvgIpc) is 3.02. The molecule has 4 nitrogen and oxygen atoms in total. The predicted octanol–water partition coefficient (Wildman–Crippen LogP) is 2.28. The van der Waals surface area contributed by atoms with Gasteiger partial charge in [-0.2, -0.15) is 0 Å². The zero-order chi connectivity index (χ0) is 16.6. The van der Waals surface area contributed by atoms with Gasteiger partial charge in [0.1, 0.15) is 11.9 Å². The lowest BCUT2D eigenvalue weighted by Gasteiger charge is -2.32. The number of hydrogen-bond acceptors (Lipinski definition) is 3. The van der Waals surface area contributed by atoms with Crippen molar-refractivity contribution in [3.8, 4) is 0 Å². The van der Waals surface area contributed by atoms with E-state index in [9.17, 15) is 14.0 Å². The van der Waals surface area contributed by atoms with Crippen LogP contribution in [0.15, 0.2) is 24.3 Å². The van der Waals surface area contributed by atoms with Gasteiger partial charge in [-0.25, -0.2) is 4.39 Å². The van der Waals surface area contributed by atoms with E-state index in [2.05, 4.69) is 0 Å². The van der Waals surface area contributed by atoms with Crippen molar-refractivity contribution in [1.29, 1.82) is 0 Å². The first kappa shape index (κ1) is 16.3. The number of thioether (sulfide) groups is 1. The van der Waals surface area contributed by atoms with Crippen LogP contribution in [-0.4, -0.2) is 51.9 Å². The Hall–Kier alpha value is -1.56. The van der Waals surface area contributed by atoms with E-state index >= 15 is 0 Å². The fourth-order valence-electron chi connectivity index (χ4n) is 3.32. The van der Waals surface area contributed by atoms with Gasteiger partial charge in [0.15, 0.2) is 0 Å². The zero-order valence-electron chi connectivity index (χ0n) is 13.4. The molecule has 2 heterocycles. The third kappa shape index (κ3) is 3.09. The van der Waals surface area contributed by atoms with Crippen LogP contribution in [0.3, 0.4) is 0 Å². The number of benzene rings is 1. The molecule has 2 amide bonds. The molecule has 2 fully saturated rings. The van der Waals surface area contributed by atoms with Crippen molar-refractivity contribution in [2.45, 2.75) is 37.1 Å². The molecule has 2 saturated heterocycles. The highest BCUT2D eigenvalue weighted by molar-refractivity contribution is 8.01. The number of carbonyl (C=O) groups excluding carboxylic acids is 2. The highest BCUT2D eigenvalue weighted by atomic mass is 32.2. The first-order valence-electron chi connectivity index (χ1n) is 7.86. The van der Waals surface area contributed by atoms with Crippen LogP contribution >= 0.6 is 11.8 Å². The molecule has 2 atom stereocenters. The van der Waals surface area contributed by atoms with Gasteiger partial charge in [-0.1, -0.05) is 12.1 Å². The van der Waals surface area contributed by atoms with Crippen LogP contribution in [-0.2, 0) is 16.0 Å². The minimum absolute atomic E-state index is 0.00131. The first-order chi connectivity index (χ1) is 10.9. The number of amides is 2. The number of likely N-dealkylation sites (N-methyl/N-ethyl adjacent to an activating group) is 1. The Balaban J connectivity index is 1.61. The van der Waals surface area contributed by atoms with Gasteiger partial charge in [0, 0.05) is 25.8 Å². The van der Waals surface area contributed by atoms with Crippen LogP contribution in [0.5, 0.6) is 0 Å². The van der Waals surface area contributed by atoms with Crippen molar-refractivity contribution in [2.75, 3.05) is 19.3 Å². The molecule has 2 aliphatic rings. The van der Waals surface area contributed by atoms with Gasteiger partial charge in [0.25, 0.3) is 0 Å². The van der Waals surface area contributed by atoms with Crippen LogP contribution in [0.1, 0.15) is 25.3 Å². The summed E-state index contributed by atoms with van der Waals surface area (Å²) in [7, 11) is 1.77. The molecule has 1 aromatic rings. The lowest BCUT2D eigenvalue weighted by molar-refractivity contribution is -0.142. The Labute approximate surface area is 140 Å². The minimum Gasteiger partial charge on any atom is -0.344 e. The van der Waals surface area contributed by atoms with E-state index in [1.54, 1.807) is 40.7 Å². The van der Waals surface area contributed by atoms with E-state index in [4.69, 9.17) is 0 Å². The van der Waals surface area contributed by atoms with Gasteiger partial charge in [-0.15, -0.1) is 11.8 Å². The van der Waals surface area contributed by atoms with Crippen molar-refractivity contribution >= 4 is 23.6 Å². The molecular weight excluding hydrogens is 315 g/mol. The van der Waals surface area contributed by atoms with Crippen LogP contribution in [0.25, 0.3) is 0 Å². The van der Waals surface area contributed by atoms with Gasteiger partial charge in [0.05, 0.1) is 4.87 Å². The van der Waals surface area contributed by atoms with Crippen LogP contribution in [0.4, 0.5) is 4.39 Å². The molecule has 23 heavy (non-hydrogen) atoms. The molecule has 6 heteroatoms. The molecule has 0 aliphatic carbocycles. The highest BCUT2D eigenvalue weighted by Gasteiger charge is 2.53. The molecular formula is C17H21FN2O2S. The smallest absolute Gasteiger partial charge is 0.246 e.